The maximum absolute atomic E-state index is 13.5. The molecule has 3 saturated heterocycles. The number of carbonyl (C=O) groups is 1. The number of carbonyl (C=O) groups excluding carboxylic acids is 1. The van der Waals surface area contributed by atoms with Crippen LogP contribution in [0.2, 0.25) is 0 Å². The molecule has 0 aromatic carbocycles. The average Bonchev–Trinajstić information content (AvgIpc) is 3.41. The third-order valence-electron chi connectivity index (χ3n) is 15.7. The summed E-state index contributed by atoms with van der Waals surface area (Å²) in [5.41, 5.74) is -1.38. The Morgan fingerprint density at radius 2 is 1.31 bits per heavy atom. The fourth-order valence-corrected chi connectivity index (χ4v) is 12.6. The number of esters is 1. The van der Waals surface area contributed by atoms with Crippen LogP contribution in [0, 0.1) is 34.0 Å². The number of ether oxygens (including phenoxy) is 7. The summed E-state index contributed by atoms with van der Waals surface area (Å²) in [4.78, 5) is 13.5. The van der Waals surface area contributed by atoms with Crippen molar-refractivity contribution < 1.29 is 89.0 Å². The summed E-state index contributed by atoms with van der Waals surface area (Å²) in [6.07, 6.45) is -15.6. The summed E-state index contributed by atoms with van der Waals surface area (Å²) in [6.45, 7) is 8.10. The largest absolute Gasteiger partial charge is 0.463 e. The zero-order valence-corrected chi connectivity index (χ0v) is 34.2. The van der Waals surface area contributed by atoms with E-state index < -0.39 is 123 Å². The van der Waals surface area contributed by atoms with Gasteiger partial charge in [0.2, 0.25) is 0 Å². The SMILES string of the molecule is C=C1C[C@@]23CC[C@H]4[C@@](C)(CCC[C@@]4(C)C(=O)OCCO)[C@@H]2CC[C@]1(O[C@@H]1O[C@H](CO)[C@@H](O)[C@H](O[C@@H]2O[C@H](CO)[C@@H](C)[C@H](O)[C@H]2O)[C@H]1O[C@@H]1O[C@H](CO)[C@@H](O)[C@H](O)[C@H]1O)C3. The van der Waals surface area contributed by atoms with Crippen LogP contribution < -0.4 is 0 Å². The standard InChI is InChI=1S/C41H66O18/c1-19-14-40-10-6-24-38(3,8-5-9-39(24,4)37(52)53-13-12-42)25(40)7-11-41(19,18-40)59-36-33(58-35-31(51)29(49)27(47)22(16-44)55-35)32(28(48)23(17-45)56-36)57-34-30(50)26(46)20(2)21(15-43)54-34/h20-36,42-51H,1,5-18H2,2-4H3/t20-,21-,22-,23-,24+,25+,26+,27-,28-,29+,30-,31-,32+,33-,34+,35+,36+,38-,39-,40-,41+/m1/s1. The molecule has 0 radical (unpaired) electrons. The Labute approximate surface area is 344 Å². The van der Waals surface area contributed by atoms with Gasteiger partial charge in [0.15, 0.2) is 18.9 Å². The van der Waals surface area contributed by atoms with Crippen molar-refractivity contribution in [2.45, 2.75) is 170 Å². The van der Waals surface area contributed by atoms with Crippen LogP contribution in [-0.4, -0.2) is 182 Å². The first-order valence-corrected chi connectivity index (χ1v) is 21.3. The van der Waals surface area contributed by atoms with Crippen LogP contribution in [0.3, 0.4) is 0 Å². The molecule has 338 valence electrons. The molecule has 18 heteroatoms. The van der Waals surface area contributed by atoms with Crippen LogP contribution in [-0.2, 0) is 38.0 Å². The molecule has 3 heterocycles. The fourth-order valence-electron chi connectivity index (χ4n) is 12.6. The highest BCUT2D eigenvalue weighted by atomic mass is 16.8. The molecule has 0 unspecified atom stereocenters. The fraction of sp³-hybridized carbons (Fsp3) is 0.927. The Bertz CT molecular complexity index is 1500. The van der Waals surface area contributed by atoms with E-state index in [1.807, 2.05) is 6.92 Å². The Kier molecular flexibility index (Phi) is 13.3. The normalized spacial score (nSPS) is 52.4. The second-order valence-corrected chi connectivity index (χ2v) is 18.9. The van der Waals surface area contributed by atoms with Crippen LogP contribution in [0.4, 0.5) is 0 Å². The van der Waals surface area contributed by atoms with Gasteiger partial charge in [-0.25, -0.2) is 0 Å². The zero-order valence-electron chi connectivity index (χ0n) is 34.2. The van der Waals surface area contributed by atoms with Crippen molar-refractivity contribution in [1.82, 2.24) is 0 Å². The average molecular weight is 847 g/mol. The van der Waals surface area contributed by atoms with Gasteiger partial charge in [-0.05, 0) is 86.5 Å². The second kappa shape index (κ2) is 17.3. The molecule has 10 N–H and O–H groups in total. The smallest absolute Gasteiger partial charge is 0.312 e. The quantitative estimate of drug-likeness (QED) is 0.0599. The zero-order chi connectivity index (χ0) is 42.8. The van der Waals surface area contributed by atoms with Crippen molar-refractivity contribution in [1.29, 1.82) is 0 Å². The first kappa shape index (κ1) is 45.6. The van der Waals surface area contributed by atoms with Gasteiger partial charge in [0.05, 0.1) is 49.7 Å². The van der Waals surface area contributed by atoms with E-state index in [0.717, 1.165) is 31.3 Å². The second-order valence-electron chi connectivity index (χ2n) is 18.9. The molecule has 1 spiro atoms. The van der Waals surface area contributed by atoms with E-state index in [-0.39, 0.29) is 41.8 Å². The van der Waals surface area contributed by atoms with Crippen molar-refractivity contribution in [2.75, 3.05) is 33.0 Å². The van der Waals surface area contributed by atoms with E-state index in [4.69, 9.17) is 33.2 Å². The van der Waals surface area contributed by atoms with Gasteiger partial charge in [-0.2, -0.15) is 0 Å². The Hall–Kier alpha value is -1.43. The van der Waals surface area contributed by atoms with Gasteiger partial charge in [0.25, 0.3) is 0 Å². The minimum atomic E-state index is -1.88. The van der Waals surface area contributed by atoms with E-state index >= 15 is 0 Å². The Morgan fingerprint density at radius 1 is 0.712 bits per heavy atom. The lowest BCUT2D eigenvalue weighted by Gasteiger charge is -2.64. The molecular formula is C41H66O18. The first-order chi connectivity index (χ1) is 27.9. The van der Waals surface area contributed by atoms with Gasteiger partial charge < -0.3 is 84.2 Å². The highest BCUT2D eigenvalue weighted by Gasteiger charge is 2.69. The number of aliphatic hydroxyl groups is 10. The molecule has 0 aromatic heterocycles. The monoisotopic (exact) mass is 846 g/mol. The van der Waals surface area contributed by atoms with Crippen molar-refractivity contribution in [2.24, 2.45) is 34.0 Å². The highest BCUT2D eigenvalue weighted by Crippen LogP contribution is 2.73. The van der Waals surface area contributed by atoms with E-state index in [9.17, 15) is 55.9 Å². The Balaban J connectivity index is 1.20. The van der Waals surface area contributed by atoms with Crippen LogP contribution in [0.1, 0.15) is 78.6 Å². The lowest BCUT2D eigenvalue weighted by Crippen LogP contribution is -2.67. The molecular weight excluding hydrogens is 780 g/mol. The summed E-state index contributed by atoms with van der Waals surface area (Å²) >= 11 is 0. The van der Waals surface area contributed by atoms with Crippen molar-refractivity contribution >= 4 is 5.97 Å². The number of hydrogen-bond donors (Lipinski definition) is 10. The molecule has 7 rings (SSSR count). The molecule has 4 saturated carbocycles. The van der Waals surface area contributed by atoms with Crippen LogP contribution in [0.25, 0.3) is 0 Å². The number of fused-ring (bicyclic) bond motifs is 3. The van der Waals surface area contributed by atoms with Gasteiger partial charge in [0, 0.05) is 5.92 Å². The van der Waals surface area contributed by atoms with Crippen molar-refractivity contribution in [3.63, 3.8) is 0 Å². The first-order valence-electron chi connectivity index (χ1n) is 21.3. The predicted octanol–water partition coefficient (Wildman–Crippen LogP) is -1.65. The van der Waals surface area contributed by atoms with Crippen LogP contribution in [0.5, 0.6) is 0 Å². The topological polar surface area (TPSA) is 284 Å². The molecule has 7 fully saturated rings. The number of rotatable bonds is 12. The molecule has 2 bridgehead atoms. The molecule has 7 aliphatic rings. The van der Waals surface area contributed by atoms with E-state index in [1.165, 1.54) is 0 Å². The minimum Gasteiger partial charge on any atom is -0.463 e. The lowest BCUT2D eigenvalue weighted by atomic mass is 9.41. The summed E-state index contributed by atoms with van der Waals surface area (Å²) in [7, 11) is 0. The predicted molar refractivity (Wildman–Crippen MR) is 200 cm³/mol. The van der Waals surface area contributed by atoms with Gasteiger partial charge in [-0.15, -0.1) is 0 Å². The van der Waals surface area contributed by atoms with E-state index in [2.05, 4.69) is 13.5 Å². The minimum absolute atomic E-state index is 0.0477. The molecule has 59 heavy (non-hydrogen) atoms. The number of aliphatic hydroxyl groups excluding tert-OH is 10. The maximum Gasteiger partial charge on any atom is 0.312 e. The van der Waals surface area contributed by atoms with E-state index in [0.29, 0.717) is 32.1 Å². The van der Waals surface area contributed by atoms with Gasteiger partial charge in [-0.3, -0.25) is 4.79 Å². The van der Waals surface area contributed by atoms with Gasteiger partial charge >= 0.3 is 5.97 Å². The van der Waals surface area contributed by atoms with Crippen LogP contribution in [0.15, 0.2) is 12.2 Å². The molecule has 0 amide bonds. The molecule has 4 aliphatic carbocycles. The summed E-state index contributed by atoms with van der Waals surface area (Å²) in [5.74, 6) is -0.724. The molecule has 3 aliphatic heterocycles. The summed E-state index contributed by atoms with van der Waals surface area (Å²) < 4.78 is 42.9. The lowest BCUT2D eigenvalue weighted by molar-refractivity contribution is -0.398. The maximum atomic E-state index is 13.5. The van der Waals surface area contributed by atoms with Gasteiger partial charge in [0.1, 0.15) is 61.5 Å². The van der Waals surface area contributed by atoms with E-state index in [1.54, 1.807) is 6.92 Å². The highest BCUT2D eigenvalue weighted by molar-refractivity contribution is 5.77. The third kappa shape index (κ3) is 7.63. The summed E-state index contributed by atoms with van der Waals surface area (Å²) in [6, 6.07) is 0. The molecule has 0 aromatic rings. The van der Waals surface area contributed by atoms with Gasteiger partial charge in [-0.1, -0.05) is 26.8 Å². The number of hydrogen-bond acceptors (Lipinski definition) is 18. The molecule has 21 atom stereocenters. The molecule has 18 nitrogen and oxygen atoms in total. The van der Waals surface area contributed by atoms with Crippen molar-refractivity contribution in [3.05, 3.63) is 12.2 Å². The van der Waals surface area contributed by atoms with Crippen LogP contribution >= 0.6 is 0 Å². The summed E-state index contributed by atoms with van der Waals surface area (Å²) in [5, 5.41) is 106. The Morgan fingerprint density at radius 3 is 1.97 bits per heavy atom. The van der Waals surface area contributed by atoms with Crippen molar-refractivity contribution in [3.8, 4) is 0 Å². The third-order valence-corrected chi connectivity index (χ3v) is 15.7.